The molecule has 10 nitrogen and oxygen atoms in total. The minimum Gasteiger partial charge on any atom is -0.461 e. The van der Waals surface area contributed by atoms with Gasteiger partial charge in [0.1, 0.15) is 30.7 Å². The van der Waals surface area contributed by atoms with Gasteiger partial charge in [-0.2, -0.15) is 0 Å². The van der Waals surface area contributed by atoms with Crippen molar-refractivity contribution in [2.45, 2.75) is 46.3 Å². The summed E-state index contributed by atoms with van der Waals surface area (Å²) in [5.74, 6) is -1.07. The highest BCUT2D eigenvalue weighted by molar-refractivity contribution is 6.04. The van der Waals surface area contributed by atoms with Crippen LogP contribution in [0.15, 0.2) is 24.3 Å². The summed E-state index contributed by atoms with van der Waals surface area (Å²) in [6.45, 7) is 8.20. The van der Waals surface area contributed by atoms with Crippen LogP contribution in [0.4, 0.5) is 15.3 Å². The highest BCUT2D eigenvalue weighted by Crippen LogP contribution is 2.10. The second-order valence-electron chi connectivity index (χ2n) is 7.79. The van der Waals surface area contributed by atoms with Gasteiger partial charge in [-0.25, -0.2) is 14.4 Å². The molecule has 0 bridgehead atoms. The maximum absolute atomic E-state index is 12.2. The third kappa shape index (κ3) is 9.26. The molecule has 5 N–H and O–H groups in total. The van der Waals surface area contributed by atoms with Crippen molar-refractivity contribution < 1.29 is 28.6 Å². The van der Waals surface area contributed by atoms with Crippen molar-refractivity contribution in [3.05, 3.63) is 29.8 Å². The molecule has 2 amide bonds. The van der Waals surface area contributed by atoms with Gasteiger partial charge in [0.2, 0.25) is 0 Å². The molecule has 0 aliphatic heterocycles. The molecule has 0 saturated carbocycles. The van der Waals surface area contributed by atoms with Gasteiger partial charge >= 0.3 is 18.2 Å². The number of amides is 2. The summed E-state index contributed by atoms with van der Waals surface area (Å²) in [4.78, 5) is 35.9. The van der Waals surface area contributed by atoms with E-state index in [0.717, 1.165) is 0 Å². The molecule has 166 valence electrons. The third-order valence-electron chi connectivity index (χ3n) is 3.58. The Balaban J connectivity index is 2.40. The zero-order valence-corrected chi connectivity index (χ0v) is 17.9. The van der Waals surface area contributed by atoms with E-state index >= 15 is 0 Å². The van der Waals surface area contributed by atoms with Crippen LogP contribution in [0, 0.1) is 11.3 Å². The Kier molecular flexibility index (Phi) is 9.10. The fourth-order valence-electron chi connectivity index (χ4n) is 2.16. The van der Waals surface area contributed by atoms with Gasteiger partial charge in [-0.3, -0.25) is 10.7 Å². The first-order valence-corrected chi connectivity index (χ1v) is 9.43. The fourth-order valence-corrected chi connectivity index (χ4v) is 2.16. The summed E-state index contributed by atoms with van der Waals surface area (Å²) in [7, 11) is 0. The predicted molar refractivity (Wildman–Crippen MR) is 111 cm³/mol. The molecule has 1 rings (SSSR count). The molecule has 10 heteroatoms. The number of esters is 1. The van der Waals surface area contributed by atoms with E-state index in [9.17, 15) is 14.4 Å². The number of ether oxygens (including phenoxy) is 3. The summed E-state index contributed by atoms with van der Waals surface area (Å²) in [6, 6.07) is 5.47. The first-order chi connectivity index (χ1) is 13.9. The zero-order chi connectivity index (χ0) is 22.9. The van der Waals surface area contributed by atoms with E-state index in [-0.39, 0.29) is 25.0 Å². The van der Waals surface area contributed by atoms with Crippen LogP contribution in [-0.4, -0.2) is 48.8 Å². The number of nitrogens with one attached hydrogen (secondary N) is 3. The number of rotatable bonds is 7. The van der Waals surface area contributed by atoms with Gasteiger partial charge in [-0.15, -0.1) is 0 Å². The van der Waals surface area contributed by atoms with E-state index in [1.807, 2.05) is 0 Å². The molecule has 0 spiro atoms. The summed E-state index contributed by atoms with van der Waals surface area (Å²) >= 11 is 0. The molecule has 0 aliphatic carbocycles. The van der Waals surface area contributed by atoms with Gasteiger partial charge in [0, 0.05) is 11.3 Å². The summed E-state index contributed by atoms with van der Waals surface area (Å²) < 4.78 is 15.1. The standard InChI is InChI=1S/C20H30N4O6/c1-12(2)15(23-19(27)30-20(3,4)5)17(25)28-10-11-29-18(26)24-16(22)13-6-8-14(21)9-7-13/h6-9,12,15H,10-11,21H2,1-5H3,(H,23,27)(H2,22,24,26)/t15-/m0/s1. The molecule has 0 aliphatic rings. The first-order valence-electron chi connectivity index (χ1n) is 9.43. The highest BCUT2D eigenvalue weighted by Gasteiger charge is 2.28. The molecule has 30 heavy (non-hydrogen) atoms. The van der Waals surface area contributed by atoms with Gasteiger partial charge in [-0.1, -0.05) is 13.8 Å². The van der Waals surface area contributed by atoms with E-state index in [2.05, 4.69) is 10.6 Å². The number of amidine groups is 1. The summed E-state index contributed by atoms with van der Waals surface area (Å²) in [6.07, 6.45) is -1.59. The maximum atomic E-state index is 12.2. The number of benzene rings is 1. The van der Waals surface area contributed by atoms with Crippen LogP contribution >= 0.6 is 0 Å². The molecule has 0 heterocycles. The molecule has 1 atom stereocenters. The Morgan fingerprint density at radius 1 is 1.03 bits per heavy atom. The molecule has 0 aromatic heterocycles. The van der Waals surface area contributed by atoms with Gasteiger partial charge in [0.15, 0.2) is 0 Å². The zero-order valence-electron chi connectivity index (χ0n) is 17.9. The Morgan fingerprint density at radius 3 is 2.13 bits per heavy atom. The van der Waals surface area contributed by atoms with Gasteiger partial charge < -0.3 is 25.3 Å². The minimum atomic E-state index is -0.910. The van der Waals surface area contributed by atoms with E-state index in [4.69, 9.17) is 25.4 Å². The SMILES string of the molecule is CC(C)[C@H](NC(=O)OC(C)(C)C)C(=O)OCCOC(=O)NC(=N)c1ccc(N)cc1. The van der Waals surface area contributed by atoms with E-state index < -0.39 is 29.8 Å². The number of nitrogen functional groups attached to an aromatic ring is 1. The van der Waals surface area contributed by atoms with E-state index in [1.54, 1.807) is 58.9 Å². The van der Waals surface area contributed by atoms with Crippen molar-refractivity contribution >= 4 is 29.7 Å². The molecule has 0 unspecified atom stereocenters. The minimum absolute atomic E-state index is 0.154. The Hall–Kier alpha value is -3.30. The topological polar surface area (TPSA) is 153 Å². The van der Waals surface area contributed by atoms with E-state index in [0.29, 0.717) is 11.3 Å². The first kappa shape index (κ1) is 24.7. The highest BCUT2D eigenvalue weighted by atomic mass is 16.6. The molecular weight excluding hydrogens is 392 g/mol. The summed E-state index contributed by atoms with van der Waals surface area (Å²) in [5.41, 5.74) is 5.87. The van der Waals surface area contributed by atoms with Gasteiger partial charge in [0.25, 0.3) is 0 Å². The van der Waals surface area contributed by atoms with Crippen LogP contribution in [0.5, 0.6) is 0 Å². The normalized spacial score (nSPS) is 11.9. The Bertz CT molecular complexity index is 756. The number of anilines is 1. The van der Waals surface area contributed by atoms with Crippen LogP contribution in [0.25, 0.3) is 0 Å². The number of hydrogen-bond donors (Lipinski definition) is 4. The lowest BCUT2D eigenvalue weighted by Gasteiger charge is -2.24. The Morgan fingerprint density at radius 2 is 1.60 bits per heavy atom. The van der Waals surface area contributed by atoms with Crippen LogP contribution in [0.3, 0.4) is 0 Å². The van der Waals surface area contributed by atoms with Crippen LogP contribution in [0.1, 0.15) is 40.2 Å². The monoisotopic (exact) mass is 422 g/mol. The number of hydrogen-bond acceptors (Lipinski definition) is 8. The molecule has 0 saturated heterocycles. The van der Waals surface area contributed by atoms with Crippen LogP contribution in [0.2, 0.25) is 0 Å². The maximum Gasteiger partial charge on any atom is 0.412 e. The Labute approximate surface area is 175 Å². The largest absolute Gasteiger partial charge is 0.461 e. The number of carbonyl (C=O) groups is 3. The second kappa shape index (κ2) is 11.0. The fraction of sp³-hybridized carbons (Fsp3) is 0.500. The summed E-state index contributed by atoms with van der Waals surface area (Å²) in [5, 5.41) is 12.6. The smallest absolute Gasteiger partial charge is 0.412 e. The average Bonchev–Trinajstić information content (AvgIpc) is 2.61. The number of alkyl carbamates (subject to hydrolysis) is 2. The van der Waals surface area contributed by atoms with Crippen molar-refractivity contribution in [3.8, 4) is 0 Å². The van der Waals surface area contributed by atoms with Crippen LogP contribution < -0.4 is 16.4 Å². The number of nitrogens with two attached hydrogens (primary N) is 1. The lowest BCUT2D eigenvalue weighted by atomic mass is 10.1. The quantitative estimate of drug-likeness (QED) is 0.131. The molecule has 0 radical (unpaired) electrons. The lowest BCUT2D eigenvalue weighted by Crippen LogP contribution is -2.47. The number of carbonyl (C=O) groups excluding carboxylic acids is 3. The van der Waals surface area contributed by atoms with E-state index in [1.165, 1.54) is 0 Å². The molecule has 1 aromatic carbocycles. The van der Waals surface area contributed by atoms with Crippen LogP contribution in [-0.2, 0) is 19.0 Å². The molecular formula is C20H30N4O6. The van der Waals surface area contributed by atoms with Crippen molar-refractivity contribution in [2.75, 3.05) is 18.9 Å². The van der Waals surface area contributed by atoms with Gasteiger partial charge in [-0.05, 0) is 51.0 Å². The van der Waals surface area contributed by atoms with Crippen molar-refractivity contribution in [1.29, 1.82) is 5.41 Å². The molecule has 1 aromatic rings. The second-order valence-corrected chi connectivity index (χ2v) is 7.79. The van der Waals surface area contributed by atoms with Crippen molar-refractivity contribution in [1.82, 2.24) is 10.6 Å². The molecule has 0 fully saturated rings. The van der Waals surface area contributed by atoms with Crippen molar-refractivity contribution in [2.24, 2.45) is 5.92 Å². The lowest BCUT2D eigenvalue weighted by molar-refractivity contribution is -0.148. The predicted octanol–water partition coefficient (Wildman–Crippen LogP) is 2.41. The van der Waals surface area contributed by atoms with Crippen molar-refractivity contribution in [3.63, 3.8) is 0 Å². The third-order valence-corrected chi connectivity index (χ3v) is 3.58. The average molecular weight is 422 g/mol. The van der Waals surface area contributed by atoms with Gasteiger partial charge in [0.05, 0.1) is 0 Å².